The van der Waals surface area contributed by atoms with E-state index in [4.69, 9.17) is 10.5 Å². The molecule has 1 aliphatic rings. The molecule has 3 unspecified atom stereocenters. The van der Waals surface area contributed by atoms with Crippen molar-refractivity contribution in [2.75, 3.05) is 38.8 Å². The molecule has 0 amide bonds. The molecule has 0 spiro atoms. The van der Waals surface area contributed by atoms with E-state index in [1.54, 1.807) is 0 Å². The second-order valence-electron chi connectivity index (χ2n) is 5.21. The van der Waals surface area contributed by atoms with Crippen molar-refractivity contribution in [1.29, 1.82) is 0 Å². The molecule has 1 fully saturated rings. The third-order valence-electron chi connectivity index (χ3n) is 3.69. The molecule has 4 heteroatoms. The lowest BCUT2D eigenvalue weighted by atomic mass is 9.85. The highest BCUT2D eigenvalue weighted by molar-refractivity contribution is 7.98. The van der Waals surface area contributed by atoms with Gasteiger partial charge < -0.3 is 15.4 Å². The predicted octanol–water partition coefficient (Wildman–Crippen LogP) is 1.42. The lowest BCUT2D eigenvalue weighted by Gasteiger charge is -2.36. The van der Waals surface area contributed by atoms with E-state index in [1.165, 1.54) is 12.2 Å². The summed E-state index contributed by atoms with van der Waals surface area (Å²) < 4.78 is 5.49. The fourth-order valence-corrected chi connectivity index (χ4v) is 3.21. The van der Waals surface area contributed by atoms with Crippen molar-refractivity contribution < 1.29 is 4.74 Å². The molecule has 0 aliphatic carbocycles. The van der Waals surface area contributed by atoms with Crippen molar-refractivity contribution in [2.24, 2.45) is 11.1 Å². The van der Waals surface area contributed by atoms with Crippen molar-refractivity contribution in [3.05, 3.63) is 0 Å². The Morgan fingerprint density at radius 2 is 2.31 bits per heavy atom. The van der Waals surface area contributed by atoms with Gasteiger partial charge in [-0.2, -0.15) is 11.8 Å². The maximum absolute atomic E-state index is 6.12. The zero-order chi connectivity index (χ0) is 12.2. The van der Waals surface area contributed by atoms with Crippen LogP contribution >= 0.6 is 11.8 Å². The van der Waals surface area contributed by atoms with E-state index >= 15 is 0 Å². The number of nitrogens with two attached hydrogens (primary N) is 1. The predicted molar refractivity (Wildman–Crippen MR) is 72.0 cm³/mol. The molecule has 1 heterocycles. The van der Waals surface area contributed by atoms with Crippen LogP contribution in [0.1, 0.15) is 20.3 Å². The van der Waals surface area contributed by atoms with Gasteiger partial charge in [0, 0.05) is 29.8 Å². The number of hydrogen-bond donors (Lipinski definition) is 1. The van der Waals surface area contributed by atoms with Gasteiger partial charge in [0.05, 0.1) is 13.2 Å². The first-order chi connectivity index (χ1) is 7.53. The minimum absolute atomic E-state index is 0.126. The second-order valence-corrected chi connectivity index (χ2v) is 6.12. The van der Waals surface area contributed by atoms with Crippen LogP contribution in [0.4, 0.5) is 0 Å². The summed E-state index contributed by atoms with van der Waals surface area (Å²) in [5.74, 6) is 1.19. The van der Waals surface area contributed by atoms with E-state index in [0.29, 0.717) is 12.6 Å². The van der Waals surface area contributed by atoms with Gasteiger partial charge in [-0.25, -0.2) is 0 Å². The quantitative estimate of drug-likeness (QED) is 0.769. The van der Waals surface area contributed by atoms with Crippen LogP contribution in [0.5, 0.6) is 0 Å². The number of hydrogen-bond acceptors (Lipinski definition) is 4. The monoisotopic (exact) mass is 246 g/mol. The third kappa shape index (κ3) is 3.36. The molecule has 1 aliphatic heterocycles. The van der Waals surface area contributed by atoms with E-state index in [1.807, 2.05) is 11.8 Å². The summed E-state index contributed by atoms with van der Waals surface area (Å²) in [5.41, 5.74) is 6.25. The lowest BCUT2D eigenvalue weighted by molar-refractivity contribution is 0.114. The molecule has 1 saturated heterocycles. The SMILES string of the molecule is CCC(CSC)N(C)CC1(C)COCC1N. The second kappa shape index (κ2) is 6.24. The van der Waals surface area contributed by atoms with Crippen molar-refractivity contribution >= 4 is 11.8 Å². The summed E-state index contributed by atoms with van der Waals surface area (Å²) in [5, 5.41) is 0. The fourth-order valence-electron chi connectivity index (χ4n) is 2.34. The highest BCUT2D eigenvalue weighted by atomic mass is 32.2. The Kier molecular flexibility index (Phi) is 5.57. The van der Waals surface area contributed by atoms with E-state index in [2.05, 4.69) is 32.1 Å². The fraction of sp³-hybridized carbons (Fsp3) is 1.00. The van der Waals surface area contributed by atoms with Crippen LogP contribution in [0.3, 0.4) is 0 Å². The zero-order valence-corrected chi connectivity index (χ0v) is 11.8. The average molecular weight is 246 g/mol. The Bertz CT molecular complexity index is 215. The summed E-state index contributed by atoms with van der Waals surface area (Å²) in [6, 6.07) is 0.835. The molecule has 0 bridgehead atoms. The first kappa shape index (κ1) is 14.3. The Morgan fingerprint density at radius 3 is 2.75 bits per heavy atom. The van der Waals surface area contributed by atoms with Crippen LogP contribution in [0.25, 0.3) is 0 Å². The van der Waals surface area contributed by atoms with Crippen LogP contribution in [0.2, 0.25) is 0 Å². The van der Waals surface area contributed by atoms with Gasteiger partial charge in [0.2, 0.25) is 0 Å². The molecule has 3 atom stereocenters. The van der Waals surface area contributed by atoms with Gasteiger partial charge in [0.25, 0.3) is 0 Å². The van der Waals surface area contributed by atoms with E-state index in [9.17, 15) is 0 Å². The maximum Gasteiger partial charge on any atom is 0.0624 e. The Labute approximate surface area is 104 Å². The Morgan fingerprint density at radius 1 is 1.62 bits per heavy atom. The van der Waals surface area contributed by atoms with Gasteiger partial charge in [-0.3, -0.25) is 0 Å². The Balaban J connectivity index is 2.51. The first-order valence-corrected chi connectivity index (χ1v) is 7.45. The van der Waals surface area contributed by atoms with Crippen LogP contribution in [-0.4, -0.2) is 55.8 Å². The van der Waals surface area contributed by atoms with E-state index in [0.717, 1.165) is 13.2 Å². The zero-order valence-electron chi connectivity index (χ0n) is 11.0. The Hall–Kier alpha value is 0.230. The largest absolute Gasteiger partial charge is 0.379 e. The first-order valence-electron chi connectivity index (χ1n) is 6.06. The number of thioether (sulfide) groups is 1. The maximum atomic E-state index is 6.12. The molecule has 0 saturated carbocycles. The molecule has 1 rings (SSSR count). The third-order valence-corrected chi connectivity index (χ3v) is 4.41. The molecule has 0 aromatic heterocycles. The normalized spacial score (nSPS) is 32.2. The van der Waals surface area contributed by atoms with E-state index < -0.39 is 0 Å². The molecule has 0 aromatic rings. The van der Waals surface area contributed by atoms with Gasteiger partial charge in [-0.05, 0) is 19.7 Å². The standard InChI is InChI=1S/C12H26N2OS/c1-5-10(7-16-4)14(3)8-12(2)9-15-6-11(12)13/h10-11H,5-9,13H2,1-4H3. The smallest absolute Gasteiger partial charge is 0.0624 e. The van der Waals surface area contributed by atoms with Crippen molar-refractivity contribution in [3.8, 4) is 0 Å². The van der Waals surface area contributed by atoms with Crippen LogP contribution in [-0.2, 0) is 4.74 Å². The van der Waals surface area contributed by atoms with Crippen LogP contribution in [0, 0.1) is 5.41 Å². The summed E-state index contributed by atoms with van der Waals surface area (Å²) in [6.07, 6.45) is 3.37. The highest BCUT2D eigenvalue weighted by Gasteiger charge is 2.39. The van der Waals surface area contributed by atoms with Crippen LogP contribution < -0.4 is 5.73 Å². The molecule has 96 valence electrons. The van der Waals surface area contributed by atoms with Crippen molar-refractivity contribution in [1.82, 2.24) is 4.90 Å². The lowest BCUT2D eigenvalue weighted by Crippen LogP contribution is -2.48. The summed E-state index contributed by atoms with van der Waals surface area (Å²) >= 11 is 1.92. The van der Waals surface area contributed by atoms with Gasteiger partial charge in [0.15, 0.2) is 0 Å². The van der Waals surface area contributed by atoms with Gasteiger partial charge in [-0.1, -0.05) is 13.8 Å². The van der Waals surface area contributed by atoms with Crippen molar-refractivity contribution in [3.63, 3.8) is 0 Å². The molecule has 2 N–H and O–H groups in total. The average Bonchev–Trinajstić information content (AvgIpc) is 2.55. The molecule has 16 heavy (non-hydrogen) atoms. The molecule has 0 radical (unpaired) electrons. The summed E-state index contributed by atoms with van der Waals surface area (Å²) in [4.78, 5) is 2.45. The minimum Gasteiger partial charge on any atom is -0.379 e. The van der Waals surface area contributed by atoms with Crippen molar-refractivity contribution in [2.45, 2.75) is 32.4 Å². The van der Waals surface area contributed by atoms with E-state index in [-0.39, 0.29) is 11.5 Å². The van der Waals surface area contributed by atoms with Gasteiger partial charge in [-0.15, -0.1) is 0 Å². The molecular formula is C12H26N2OS. The number of rotatable bonds is 6. The molecular weight excluding hydrogens is 220 g/mol. The highest BCUT2D eigenvalue weighted by Crippen LogP contribution is 2.28. The van der Waals surface area contributed by atoms with Gasteiger partial charge >= 0.3 is 0 Å². The molecule has 3 nitrogen and oxygen atoms in total. The topological polar surface area (TPSA) is 38.5 Å². The summed E-state index contributed by atoms with van der Waals surface area (Å²) in [7, 11) is 2.21. The van der Waals surface area contributed by atoms with Gasteiger partial charge in [0.1, 0.15) is 0 Å². The minimum atomic E-state index is 0.126. The molecule has 0 aromatic carbocycles. The van der Waals surface area contributed by atoms with Crippen LogP contribution in [0.15, 0.2) is 0 Å². The summed E-state index contributed by atoms with van der Waals surface area (Å²) in [6.45, 7) is 7.04. The number of ether oxygens (including phenoxy) is 1. The number of nitrogens with zero attached hydrogens (tertiary/aromatic N) is 1.